The quantitative estimate of drug-likeness (QED) is 0.535. The van der Waals surface area contributed by atoms with Crippen LogP contribution in [-0.2, 0) is 4.74 Å². The SMILES string of the molecule is O=C1OC(=O)c2cc(Br)cc3c(Br)ccc1c23. The zero-order valence-electron chi connectivity index (χ0n) is 8.29. The van der Waals surface area contributed by atoms with Crippen LogP contribution in [0.15, 0.2) is 33.2 Å². The lowest BCUT2D eigenvalue weighted by molar-refractivity contribution is 0.0391. The molecule has 0 saturated heterocycles. The van der Waals surface area contributed by atoms with Gasteiger partial charge in [-0.15, -0.1) is 0 Å². The van der Waals surface area contributed by atoms with Gasteiger partial charge in [0.2, 0.25) is 0 Å². The molecule has 0 N–H and O–H groups in total. The Hall–Kier alpha value is -1.20. The van der Waals surface area contributed by atoms with E-state index in [1.807, 2.05) is 6.07 Å². The highest BCUT2D eigenvalue weighted by Gasteiger charge is 2.28. The summed E-state index contributed by atoms with van der Waals surface area (Å²) in [5.74, 6) is -1.20. The molecule has 1 aliphatic heterocycles. The first-order valence-electron chi connectivity index (χ1n) is 4.76. The maximum Gasteiger partial charge on any atom is 0.346 e. The van der Waals surface area contributed by atoms with E-state index in [4.69, 9.17) is 0 Å². The molecule has 3 nitrogen and oxygen atoms in total. The van der Waals surface area contributed by atoms with Crippen LogP contribution in [0.25, 0.3) is 10.8 Å². The molecule has 0 aliphatic carbocycles. The van der Waals surface area contributed by atoms with Gasteiger partial charge in [0.15, 0.2) is 0 Å². The number of ether oxygens (including phenoxy) is 1. The number of esters is 2. The molecular weight excluding hydrogens is 352 g/mol. The van der Waals surface area contributed by atoms with E-state index in [1.165, 1.54) is 0 Å². The Morgan fingerprint density at radius 2 is 1.65 bits per heavy atom. The first-order valence-corrected chi connectivity index (χ1v) is 6.35. The van der Waals surface area contributed by atoms with Crippen molar-refractivity contribution in [2.45, 2.75) is 0 Å². The van der Waals surface area contributed by atoms with Crippen molar-refractivity contribution in [3.63, 3.8) is 0 Å². The van der Waals surface area contributed by atoms with Gasteiger partial charge in [0.1, 0.15) is 0 Å². The van der Waals surface area contributed by atoms with Crippen molar-refractivity contribution in [2.75, 3.05) is 0 Å². The van der Waals surface area contributed by atoms with E-state index in [0.29, 0.717) is 16.5 Å². The molecule has 0 radical (unpaired) electrons. The summed E-state index contributed by atoms with van der Waals surface area (Å²) in [5, 5.41) is 1.46. The van der Waals surface area contributed by atoms with E-state index in [9.17, 15) is 9.59 Å². The van der Waals surface area contributed by atoms with Crippen molar-refractivity contribution in [1.29, 1.82) is 0 Å². The Morgan fingerprint density at radius 1 is 0.941 bits per heavy atom. The molecule has 1 heterocycles. The van der Waals surface area contributed by atoms with Gasteiger partial charge in [-0.3, -0.25) is 0 Å². The molecular formula is C12H4Br2O3. The van der Waals surface area contributed by atoms with E-state index in [-0.39, 0.29) is 0 Å². The van der Waals surface area contributed by atoms with Gasteiger partial charge in [0.25, 0.3) is 0 Å². The van der Waals surface area contributed by atoms with Gasteiger partial charge < -0.3 is 4.74 Å². The molecule has 17 heavy (non-hydrogen) atoms. The third-order valence-electron chi connectivity index (χ3n) is 2.65. The van der Waals surface area contributed by atoms with Crippen molar-refractivity contribution >= 4 is 54.6 Å². The average Bonchev–Trinajstić information content (AvgIpc) is 2.27. The molecule has 0 spiro atoms. The Labute approximate surface area is 113 Å². The summed E-state index contributed by atoms with van der Waals surface area (Å²) in [4.78, 5) is 23.3. The topological polar surface area (TPSA) is 43.4 Å². The highest BCUT2D eigenvalue weighted by molar-refractivity contribution is 9.11. The fraction of sp³-hybridized carbons (Fsp3) is 0. The van der Waals surface area contributed by atoms with Gasteiger partial charge in [-0.1, -0.05) is 31.9 Å². The number of hydrogen-bond donors (Lipinski definition) is 0. The predicted molar refractivity (Wildman–Crippen MR) is 69.1 cm³/mol. The summed E-state index contributed by atoms with van der Waals surface area (Å²) in [7, 11) is 0. The Bertz CT molecular complexity index is 692. The van der Waals surface area contributed by atoms with Gasteiger partial charge in [0, 0.05) is 14.3 Å². The van der Waals surface area contributed by atoms with Crippen LogP contribution in [0.3, 0.4) is 0 Å². The number of cyclic esters (lactones) is 2. The number of carbonyl (C=O) groups excluding carboxylic acids is 2. The zero-order chi connectivity index (χ0) is 12.2. The number of benzene rings is 2. The minimum absolute atomic E-state index is 0.408. The summed E-state index contributed by atoms with van der Waals surface area (Å²) in [6, 6.07) is 6.94. The summed E-state index contributed by atoms with van der Waals surface area (Å²) < 4.78 is 6.29. The van der Waals surface area contributed by atoms with Gasteiger partial charge >= 0.3 is 11.9 Å². The monoisotopic (exact) mass is 354 g/mol. The number of rotatable bonds is 0. The molecule has 0 amide bonds. The maximum atomic E-state index is 11.7. The van der Waals surface area contributed by atoms with Gasteiger partial charge in [0.05, 0.1) is 11.1 Å². The third-order valence-corrected chi connectivity index (χ3v) is 3.80. The molecule has 0 aromatic heterocycles. The Balaban J connectivity index is 2.58. The van der Waals surface area contributed by atoms with Gasteiger partial charge in [-0.05, 0) is 29.7 Å². The first kappa shape index (κ1) is 10.9. The predicted octanol–water partition coefficient (Wildman–Crippen LogP) is 3.68. The van der Waals surface area contributed by atoms with E-state index in [2.05, 4.69) is 36.6 Å². The van der Waals surface area contributed by atoms with Crippen LogP contribution in [0.2, 0.25) is 0 Å². The summed E-state index contributed by atoms with van der Waals surface area (Å²) in [6.07, 6.45) is 0. The molecule has 0 fully saturated rings. The first-order chi connectivity index (χ1) is 8.08. The molecule has 0 saturated carbocycles. The van der Waals surface area contributed by atoms with Crippen LogP contribution in [0.1, 0.15) is 20.7 Å². The lowest BCUT2D eigenvalue weighted by Gasteiger charge is -2.16. The zero-order valence-corrected chi connectivity index (χ0v) is 11.5. The van der Waals surface area contributed by atoms with Crippen LogP contribution < -0.4 is 0 Å². The van der Waals surface area contributed by atoms with Gasteiger partial charge in [-0.2, -0.15) is 0 Å². The number of halogens is 2. The molecule has 0 atom stereocenters. The van der Waals surface area contributed by atoms with Gasteiger partial charge in [-0.25, -0.2) is 9.59 Å². The fourth-order valence-corrected chi connectivity index (χ4v) is 2.84. The molecule has 84 valence electrons. The van der Waals surface area contributed by atoms with Crippen molar-refractivity contribution < 1.29 is 14.3 Å². The standard InChI is InChI=1S/C12H4Br2O3/c13-5-3-7-9(14)2-1-6-10(7)8(4-5)12(16)17-11(6)15/h1-4H. The minimum Gasteiger partial charge on any atom is -0.386 e. The summed E-state index contributed by atoms with van der Waals surface area (Å²) >= 11 is 6.74. The van der Waals surface area contributed by atoms with Crippen molar-refractivity contribution in [3.8, 4) is 0 Å². The molecule has 3 rings (SSSR count). The number of hydrogen-bond acceptors (Lipinski definition) is 3. The molecule has 0 bridgehead atoms. The van der Waals surface area contributed by atoms with Crippen LogP contribution >= 0.6 is 31.9 Å². The smallest absolute Gasteiger partial charge is 0.346 e. The summed E-state index contributed by atoms with van der Waals surface area (Å²) in [6.45, 7) is 0. The second-order valence-corrected chi connectivity index (χ2v) is 5.42. The molecule has 0 unspecified atom stereocenters. The van der Waals surface area contributed by atoms with E-state index < -0.39 is 11.9 Å². The van der Waals surface area contributed by atoms with Crippen LogP contribution in [0.5, 0.6) is 0 Å². The van der Waals surface area contributed by atoms with E-state index >= 15 is 0 Å². The third kappa shape index (κ3) is 1.53. The normalized spacial score (nSPS) is 14.0. The largest absolute Gasteiger partial charge is 0.386 e. The summed E-state index contributed by atoms with van der Waals surface area (Å²) in [5.41, 5.74) is 0.829. The van der Waals surface area contributed by atoms with Crippen LogP contribution in [0.4, 0.5) is 0 Å². The Morgan fingerprint density at radius 3 is 2.41 bits per heavy atom. The highest BCUT2D eigenvalue weighted by atomic mass is 79.9. The molecule has 1 aliphatic rings. The highest BCUT2D eigenvalue weighted by Crippen LogP contribution is 2.35. The van der Waals surface area contributed by atoms with E-state index in [1.54, 1.807) is 18.2 Å². The average molecular weight is 356 g/mol. The lowest BCUT2D eigenvalue weighted by atomic mass is 9.97. The minimum atomic E-state index is -0.605. The van der Waals surface area contributed by atoms with Crippen molar-refractivity contribution in [3.05, 3.63) is 44.3 Å². The lowest BCUT2D eigenvalue weighted by Crippen LogP contribution is -2.19. The van der Waals surface area contributed by atoms with Crippen molar-refractivity contribution in [1.82, 2.24) is 0 Å². The fourth-order valence-electron chi connectivity index (χ4n) is 1.94. The van der Waals surface area contributed by atoms with Crippen LogP contribution in [-0.4, -0.2) is 11.9 Å². The second-order valence-electron chi connectivity index (χ2n) is 3.65. The maximum absolute atomic E-state index is 11.7. The van der Waals surface area contributed by atoms with Crippen LogP contribution in [0, 0.1) is 0 Å². The Kier molecular flexibility index (Phi) is 2.34. The van der Waals surface area contributed by atoms with Crippen molar-refractivity contribution in [2.24, 2.45) is 0 Å². The molecule has 2 aromatic carbocycles. The number of carbonyl (C=O) groups is 2. The molecule has 2 aromatic rings. The second kappa shape index (κ2) is 3.65. The molecule has 5 heteroatoms. The van der Waals surface area contributed by atoms with E-state index in [0.717, 1.165) is 14.3 Å².